The van der Waals surface area contributed by atoms with Crippen molar-refractivity contribution in [2.75, 3.05) is 6.54 Å². The van der Waals surface area contributed by atoms with Gasteiger partial charge in [-0.3, -0.25) is 9.59 Å². The number of nitrogens with zero attached hydrogens (tertiary/aromatic N) is 3. The van der Waals surface area contributed by atoms with E-state index in [0.29, 0.717) is 36.0 Å². The molecule has 3 rings (SSSR count). The molecular weight excluding hydrogens is 272 g/mol. The number of hydrogen-bond acceptors (Lipinski definition) is 4. The molecule has 1 aliphatic heterocycles. The third kappa shape index (κ3) is 2.35. The topological polar surface area (TPSA) is 99.2 Å². The van der Waals surface area contributed by atoms with Gasteiger partial charge in [0.2, 0.25) is 0 Å². The second kappa shape index (κ2) is 5.16. The van der Waals surface area contributed by atoms with Gasteiger partial charge >= 0.3 is 5.97 Å². The fourth-order valence-corrected chi connectivity index (χ4v) is 2.90. The van der Waals surface area contributed by atoms with E-state index in [1.165, 1.54) is 0 Å². The Hall–Kier alpha value is -2.44. The number of fused-ring (bicyclic) bond motifs is 1. The third-order valence-electron chi connectivity index (χ3n) is 4.13. The number of carbonyl (C=O) groups is 2. The number of piperidine rings is 1. The van der Waals surface area contributed by atoms with Crippen LogP contribution in [-0.4, -0.2) is 49.9 Å². The van der Waals surface area contributed by atoms with Crippen LogP contribution in [0.2, 0.25) is 0 Å². The van der Waals surface area contributed by atoms with Crippen molar-refractivity contribution in [3.8, 4) is 0 Å². The summed E-state index contributed by atoms with van der Waals surface area (Å²) in [6, 6.07) is 4.80. The number of hydrogen-bond donors (Lipinski definition) is 2. The molecule has 7 heteroatoms. The van der Waals surface area contributed by atoms with Crippen molar-refractivity contribution in [1.29, 1.82) is 0 Å². The smallest absolute Gasteiger partial charge is 0.308 e. The summed E-state index contributed by atoms with van der Waals surface area (Å²) in [5.74, 6) is -1.50. The molecule has 1 aromatic heterocycles. The number of nitrogens with one attached hydrogen (secondary N) is 1. The predicted octanol–water partition coefficient (Wildman–Crippen LogP) is 1.28. The van der Waals surface area contributed by atoms with Crippen LogP contribution in [0.25, 0.3) is 11.0 Å². The molecule has 110 valence electrons. The number of likely N-dealkylation sites (tertiary alicyclic amines) is 1. The van der Waals surface area contributed by atoms with E-state index >= 15 is 0 Å². The minimum absolute atomic E-state index is 0.154. The van der Waals surface area contributed by atoms with Crippen LogP contribution >= 0.6 is 0 Å². The lowest BCUT2D eigenvalue weighted by molar-refractivity contribution is -0.144. The van der Waals surface area contributed by atoms with Gasteiger partial charge in [-0.25, -0.2) is 0 Å². The first kappa shape index (κ1) is 13.5. The van der Waals surface area contributed by atoms with Gasteiger partial charge in [0.05, 0.1) is 5.92 Å². The van der Waals surface area contributed by atoms with Crippen molar-refractivity contribution in [3.63, 3.8) is 0 Å². The Labute approximate surface area is 120 Å². The summed E-state index contributed by atoms with van der Waals surface area (Å²) in [4.78, 5) is 25.5. The number of amides is 1. The molecule has 0 unspecified atom stereocenters. The third-order valence-corrected chi connectivity index (χ3v) is 4.13. The molecule has 2 N–H and O–H groups in total. The first-order chi connectivity index (χ1) is 10.1. The molecule has 2 atom stereocenters. The highest BCUT2D eigenvalue weighted by atomic mass is 16.4. The fraction of sp³-hybridized carbons (Fsp3) is 0.429. The molecule has 7 nitrogen and oxygen atoms in total. The van der Waals surface area contributed by atoms with Crippen LogP contribution in [0.15, 0.2) is 18.2 Å². The van der Waals surface area contributed by atoms with Crippen LogP contribution in [0, 0.1) is 5.92 Å². The number of carboxylic acid groups (broad SMARTS) is 1. The first-order valence-electron chi connectivity index (χ1n) is 6.92. The number of aromatic amines is 1. The summed E-state index contributed by atoms with van der Waals surface area (Å²) in [5.41, 5.74) is 1.83. The van der Waals surface area contributed by atoms with Gasteiger partial charge in [-0.05, 0) is 38.0 Å². The second-order valence-corrected chi connectivity index (χ2v) is 5.35. The Bertz CT molecular complexity index is 696. The Morgan fingerprint density at radius 1 is 1.33 bits per heavy atom. The molecule has 1 aliphatic rings. The highest BCUT2D eigenvalue weighted by Gasteiger charge is 2.35. The zero-order chi connectivity index (χ0) is 15.0. The Balaban J connectivity index is 1.88. The van der Waals surface area contributed by atoms with E-state index in [4.69, 9.17) is 0 Å². The number of carbonyl (C=O) groups excluding carboxylic acids is 1. The molecule has 1 aromatic carbocycles. The number of carboxylic acids is 1. The Morgan fingerprint density at radius 3 is 2.86 bits per heavy atom. The van der Waals surface area contributed by atoms with Crippen LogP contribution in [-0.2, 0) is 4.79 Å². The fourth-order valence-electron chi connectivity index (χ4n) is 2.90. The van der Waals surface area contributed by atoms with Gasteiger partial charge in [0, 0.05) is 18.2 Å². The van der Waals surface area contributed by atoms with Gasteiger partial charge in [0.1, 0.15) is 11.0 Å². The summed E-state index contributed by atoms with van der Waals surface area (Å²) in [7, 11) is 0. The zero-order valence-electron chi connectivity index (χ0n) is 11.6. The summed E-state index contributed by atoms with van der Waals surface area (Å²) in [5, 5.41) is 19.7. The first-order valence-corrected chi connectivity index (χ1v) is 6.92. The molecular formula is C14H16N4O3. The molecule has 2 heterocycles. The van der Waals surface area contributed by atoms with Crippen LogP contribution in [0.1, 0.15) is 30.1 Å². The van der Waals surface area contributed by atoms with Gasteiger partial charge in [-0.15, -0.1) is 0 Å². The minimum atomic E-state index is -0.841. The monoisotopic (exact) mass is 288 g/mol. The van der Waals surface area contributed by atoms with Crippen LogP contribution in [0.5, 0.6) is 0 Å². The highest BCUT2D eigenvalue weighted by Crippen LogP contribution is 2.25. The van der Waals surface area contributed by atoms with E-state index in [0.717, 1.165) is 0 Å². The molecule has 1 fully saturated rings. The maximum absolute atomic E-state index is 12.6. The number of H-pyrrole nitrogens is 1. The van der Waals surface area contributed by atoms with Gasteiger partial charge in [0.25, 0.3) is 5.91 Å². The maximum Gasteiger partial charge on any atom is 0.308 e. The normalized spacial score (nSPS) is 22.4. The molecule has 0 saturated carbocycles. The summed E-state index contributed by atoms with van der Waals surface area (Å²) < 4.78 is 0. The number of aliphatic carboxylic acids is 1. The standard InChI is InChI=1S/C14H16N4O3/c1-8-10(14(20)21)3-2-6-18(8)13(19)9-4-5-11-12(7-9)16-17-15-11/h4-5,7-8,10H,2-3,6H2,1H3,(H,20,21)(H,15,16,17)/t8-,10-/m1/s1. The molecule has 0 radical (unpaired) electrons. The quantitative estimate of drug-likeness (QED) is 0.867. The molecule has 2 aromatic rings. The molecule has 21 heavy (non-hydrogen) atoms. The van der Waals surface area contributed by atoms with Crippen molar-refractivity contribution in [1.82, 2.24) is 20.3 Å². The second-order valence-electron chi connectivity index (χ2n) is 5.35. The lowest BCUT2D eigenvalue weighted by Crippen LogP contribution is -2.49. The van der Waals surface area contributed by atoms with E-state index in [1.54, 1.807) is 30.0 Å². The van der Waals surface area contributed by atoms with Crippen LogP contribution in [0.3, 0.4) is 0 Å². The molecule has 0 spiro atoms. The van der Waals surface area contributed by atoms with Crippen molar-refractivity contribution in [2.24, 2.45) is 5.92 Å². The van der Waals surface area contributed by atoms with E-state index in [2.05, 4.69) is 15.4 Å². The Kier molecular flexibility index (Phi) is 3.32. The average molecular weight is 288 g/mol. The molecule has 0 aliphatic carbocycles. The summed E-state index contributed by atoms with van der Waals surface area (Å²) in [6.45, 7) is 2.38. The lowest BCUT2D eigenvalue weighted by Gasteiger charge is -2.37. The van der Waals surface area contributed by atoms with Crippen molar-refractivity contribution < 1.29 is 14.7 Å². The van der Waals surface area contributed by atoms with Gasteiger partial charge in [-0.1, -0.05) is 0 Å². The maximum atomic E-state index is 12.6. The van der Waals surface area contributed by atoms with E-state index in [-0.39, 0.29) is 11.9 Å². The van der Waals surface area contributed by atoms with Gasteiger partial charge < -0.3 is 10.0 Å². The summed E-state index contributed by atoms with van der Waals surface area (Å²) in [6.07, 6.45) is 1.32. The van der Waals surface area contributed by atoms with Crippen LogP contribution < -0.4 is 0 Å². The zero-order valence-corrected chi connectivity index (χ0v) is 11.6. The SMILES string of the molecule is C[C@@H]1[C@H](C(=O)O)CCCN1C(=O)c1ccc2n[nH]nc2c1. The van der Waals surface area contributed by atoms with Crippen molar-refractivity contribution in [2.45, 2.75) is 25.8 Å². The van der Waals surface area contributed by atoms with Gasteiger partial charge in [-0.2, -0.15) is 15.4 Å². The number of aromatic nitrogens is 3. The highest BCUT2D eigenvalue weighted by molar-refractivity contribution is 5.97. The molecule has 1 saturated heterocycles. The van der Waals surface area contributed by atoms with Crippen molar-refractivity contribution in [3.05, 3.63) is 23.8 Å². The summed E-state index contributed by atoms with van der Waals surface area (Å²) >= 11 is 0. The van der Waals surface area contributed by atoms with E-state index in [9.17, 15) is 14.7 Å². The number of rotatable bonds is 2. The molecule has 0 bridgehead atoms. The molecule has 1 amide bonds. The van der Waals surface area contributed by atoms with E-state index in [1.807, 2.05) is 0 Å². The van der Waals surface area contributed by atoms with E-state index < -0.39 is 11.9 Å². The Morgan fingerprint density at radius 2 is 2.10 bits per heavy atom. The lowest BCUT2D eigenvalue weighted by atomic mass is 9.90. The van der Waals surface area contributed by atoms with Crippen molar-refractivity contribution >= 4 is 22.9 Å². The number of benzene rings is 1. The largest absolute Gasteiger partial charge is 0.481 e. The average Bonchev–Trinajstić information content (AvgIpc) is 2.93. The van der Waals surface area contributed by atoms with Crippen LogP contribution in [0.4, 0.5) is 0 Å². The predicted molar refractivity (Wildman–Crippen MR) is 74.7 cm³/mol. The van der Waals surface area contributed by atoms with Gasteiger partial charge in [0.15, 0.2) is 0 Å². The minimum Gasteiger partial charge on any atom is -0.481 e.